The van der Waals surface area contributed by atoms with Crippen LogP contribution >= 0.6 is 0 Å². The zero-order valence-electron chi connectivity index (χ0n) is 6.99. The molecule has 0 saturated carbocycles. The van der Waals surface area contributed by atoms with Gasteiger partial charge in [0.2, 0.25) is 0 Å². The Hall–Kier alpha value is -0.870. The van der Waals surface area contributed by atoms with Gasteiger partial charge < -0.3 is 14.6 Å². The molecule has 0 bridgehead atoms. The average molecular weight is 174 g/mol. The van der Waals surface area contributed by atoms with Gasteiger partial charge in [-0.25, -0.2) is 0 Å². The lowest BCUT2D eigenvalue weighted by atomic mass is 10.5. The Morgan fingerprint density at radius 2 is 2.00 bits per heavy atom. The summed E-state index contributed by atoms with van der Waals surface area (Å²) < 4.78 is 9.95. The first-order chi connectivity index (χ1) is 5.77. The van der Waals surface area contributed by atoms with Gasteiger partial charge in [0.15, 0.2) is 0 Å². The molecule has 0 aliphatic heterocycles. The summed E-state index contributed by atoms with van der Waals surface area (Å²) in [6.07, 6.45) is 1.69. The van der Waals surface area contributed by atoms with E-state index >= 15 is 0 Å². The summed E-state index contributed by atoms with van der Waals surface area (Å²) in [5, 5.41) is 8.23. The summed E-state index contributed by atoms with van der Waals surface area (Å²) in [4.78, 5) is 10.0. The number of hydrogen-bond acceptors (Lipinski definition) is 3. The van der Waals surface area contributed by atoms with E-state index in [1.54, 1.807) is 6.08 Å². The molecular formula is C8H14O4. The second kappa shape index (κ2) is 8.23. The maximum atomic E-state index is 10.0. The second-order valence-corrected chi connectivity index (χ2v) is 2.12. The summed E-state index contributed by atoms with van der Waals surface area (Å²) in [5.74, 6) is -0.845. The van der Waals surface area contributed by atoms with E-state index in [1.807, 2.05) is 0 Å². The van der Waals surface area contributed by atoms with Crippen LogP contribution in [0.4, 0.5) is 0 Å². The smallest absolute Gasteiger partial charge is 0.305 e. The third-order valence-corrected chi connectivity index (χ3v) is 1.07. The highest BCUT2D eigenvalue weighted by molar-refractivity contribution is 5.66. The van der Waals surface area contributed by atoms with Gasteiger partial charge >= 0.3 is 5.97 Å². The van der Waals surface area contributed by atoms with Crippen LogP contribution in [0.25, 0.3) is 0 Å². The predicted molar refractivity (Wildman–Crippen MR) is 44.1 cm³/mol. The van der Waals surface area contributed by atoms with E-state index in [4.69, 9.17) is 14.6 Å². The van der Waals surface area contributed by atoms with Crippen molar-refractivity contribution >= 4 is 5.97 Å². The molecule has 0 aliphatic carbocycles. The van der Waals surface area contributed by atoms with Crippen molar-refractivity contribution < 1.29 is 19.4 Å². The van der Waals surface area contributed by atoms with Gasteiger partial charge in [0.05, 0.1) is 32.8 Å². The summed E-state index contributed by atoms with van der Waals surface area (Å²) in [6.45, 7) is 5.13. The largest absolute Gasteiger partial charge is 0.481 e. The molecule has 0 aromatic rings. The first-order valence-electron chi connectivity index (χ1n) is 3.75. The maximum Gasteiger partial charge on any atom is 0.305 e. The average Bonchev–Trinajstić information content (AvgIpc) is 2.02. The van der Waals surface area contributed by atoms with E-state index in [-0.39, 0.29) is 13.0 Å². The first-order valence-corrected chi connectivity index (χ1v) is 3.75. The van der Waals surface area contributed by atoms with Gasteiger partial charge in [0.1, 0.15) is 0 Å². The number of aliphatic carboxylic acids is 1. The van der Waals surface area contributed by atoms with Gasteiger partial charge in [0.25, 0.3) is 0 Å². The Kier molecular flexibility index (Phi) is 7.63. The molecule has 0 heterocycles. The van der Waals surface area contributed by atoms with Crippen molar-refractivity contribution in [1.29, 1.82) is 0 Å². The lowest BCUT2D eigenvalue weighted by Crippen LogP contribution is -2.08. The fourth-order valence-corrected chi connectivity index (χ4v) is 0.546. The third-order valence-electron chi connectivity index (χ3n) is 1.07. The molecule has 0 radical (unpaired) electrons. The van der Waals surface area contributed by atoms with Gasteiger partial charge in [0, 0.05) is 0 Å². The SMILES string of the molecule is C=CCOCCOCCC(=O)O. The molecule has 1 N–H and O–H groups in total. The van der Waals surface area contributed by atoms with E-state index in [0.29, 0.717) is 19.8 Å². The molecule has 0 aromatic heterocycles. The number of ether oxygens (including phenoxy) is 2. The molecule has 4 nitrogen and oxygen atoms in total. The molecule has 0 unspecified atom stereocenters. The van der Waals surface area contributed by atoms with Crippen molar-refractivity contribution in [2.24, 2.45) is 0 Å². The quantitative estimate of drug-likeness (QED) is 0.434. The van der Waals surface area contributed by atoms with Crippen LogP contribution in [0.15, 0.2) is 12.7 Å². The molecule has 0 rings (SSSR count). The molecule has 0 spiro atoms. The standard InChI is InChI=1S/C8H14O4/c1-2-4-11-6-7-12-5-3-8(9)10/h2H,1,3-7H2,(H,9,10). The fraction of sp³-hybridized carbons (Fsp3) is 0.625. The van der Waals surface area contributed by atoms with Crippen LogP contribution in [0, 0.1) is 0 Å². The Morgan fingerprint density at radius 1 is 1.33 bits per heavy atom. The fourth-order valence-electron chi connectivity index (χ4n) is 0.546. The first kappa shape index (κ1) is 11.1. The van der Waals surface area contributed by atoms with Crippen LogP contribution in [-0.4, -0.2) is 37.5 Å². The molecule has 4 heteroatoms. The van der Waals surface area contributed by atoms with Crippen molar-refractivity contribution in [2.75, 3.05) is 26.4 Å². The molecule has 12 heavy (non-hydrogen) atoms. The number of carboxylic acids is 1. The minimum Gasteiger partial charge on any atom is -0.481 e. The topological polar surface area (TPSA) is 55.8 Å². The number of carboxylic acid groups (broad SMARTS) is 1. The van der Waals surface area contributed by atoms with Crippen LogP contribution in [0.3, 0.4) is 0 Å². The summed E-state index contributed by atoms with van der Waals surface area (Å²) >= 11 is 0. The van der Waals surface area contributed by atoms with E-state index in [0.717, 1.165) is 0 Å². The third kappa shape index (κ3) is 9.13. The van der Waals surface area contributed by atoms with E-state index in [1.165, 1.54) is 0 Å². The Bertz CT molecular complexity index is 133. The Labute approximate surface area is 71.8 Å². The molecule has 0 fully saturated rings. The number of rotatable bonds is 8. The molecule has 0 saturated heterocycles. The minimum absolute atomic E-state index is 0.0431. The normalized spacial score (nSPS) is 9.67. The van der Waals surface area contributed by atoms with Gasteiger partial charge in [-0.05, 0) is 0 Å². The number of hydrogen-bond donors (Lipinski definition) is 1. The van der Waals surface area contributed by atoms with Gasteiger partial charge in [-0.15, -0.1) is 6.58 Å². The monoisotopic (exact) mass is 174 g/mol. The zero-order chi connectivity index (χ0) is 9.23. The molecule has 0 aliphatic rings. The van der Waals surface area contributed by atoms with Crippen molar-refractivity contribution in [2.45, 2.75) is 6.42 Å². The zero-order valence-corrected chi connectivity index (χ0v) is 6.99. The lowest BCUT2D eigenvalue weighted by molar-refractivity contribution is -0.138. The highest BCUT2D eigenvalue weighted by atomic mass is 16.5. The molecule has 0 amide bonds. The highest BCUT2D eigenvalue weighted by Gasteiger charge is 1.95. The van der Waals surface area contributed by atoms with Crippen LogP contribution in [-0.2, 0) is 14.3 Å². The Balaban J connectivity index is 2.90. The molecule has 0 aromatic carbocycles. The van der Waals surface area contributed by atoms with Crippen LogP contribution < -0.4 is 0 Å². The summed E-state index contributed by atoms with van der Waals surface area (Å²) in [5.41, 5.74) is 0. The second-order valence-electron chi connectivity index (χ2n) is 2.12. The van der Waals surface area contributed by atoms with Crippen LogP contribution in [0.5, 0.6) is 0 Å². The van der Waals surface area contributed by atoms with Crippen molar-refractivity contribution in [3.63, 3.8) is 0 Å². The molecular weight excluding hydrogens is 160 g/mol. The van der Waals surface area contributed by atoms with Gasteiger partial charge in [-0.1, -0.05) is 6.08 Å². The molecule has 0 atom stereocenters. The maximum absolute atomic E-state index is 10.0. The van der Waals surface area contributed by atoms with Crippen LogP contribution in [0.2, 0.25) is 0 Å². The van der Waals surface area contributed by atoms with E-state index < -0.39 is 5.97 Å². The van der Waals surface area contributed by atoms with Gasteiger partial charge in [-0.2, -0.15) is 0 Å². The predicted octanol–water partition coefficient (Wildman–Crippen LogP) is 0.680. The summed E-state index contributed by atoms with van der Waals surface area (Å²) in [6, 6.07) is 0. The Morgan fingerprint density at radius 3 is 2.58 bits per heavy atom. The lowest BCUT2D eigenvalue weighted by Gasteiger charge is -2.01. The van der Waals surface area contributed by atoms with Crippen LogP contribution in [0.1, 0.15) is 6.42 Å². The highest BCUT2D eigenvalue weighted by Crippen LogP contribution is 1.83. The molecule has 70 valence electrons. The number of carbonyl (C=O) groups is 1. The summed E-state index contributed by atoms with van der Waals surface area (Å²) in [7, 11) is 0. The van der Waals surface area contributed by atoms with E-state index in [9.17, 15) is 4.79 Å². The minimum atomic E-state index is -0.845. The van der Waals surface area contributed by atoms with Crippen molar-refractivity contribution in [3.8, 4) is 0 Å². The van der Waals surface area contributed by atoms with Gasteiger partial charge in [-0.3, -0.25) is 4.79 Å². The van der Waals surface area contributed by atoms with Crippen molar-refractivity contribution in [3.05, 3.63) is 12.7 Å². The van der Waals surface area contributed by atoms with Crippen molar-refractivity contribution in [1.82, 2.24) is 0 Å². The van der Waals surface area contributed by atoms with E-state index in [2.05, 4.69) is 6.58 Å².